The molecule has 0 saturated heterocycles. The van der Waals surface area contributed by atoms with Gasteiger partial charge in [-0.1, -0.05) is 81.9 Å². The molecule has 0 aliphatic heterocycles. The monoisotopic (exact) mass is 366 g/mol. The van der Waals surface area contributed by atoms with Crippen molar-refractivity contribution < 1.29 is 14.3 Å². The summed E-state index contributed by atoms with van der Waals surface area (Å²) in [6.07, 6.45) is 1.71. The highest BCUT2D eigenvalue weighted by Crippen LogP contribution is 2.38. The summed E-state index contributed by atoms with van der Waals surface area (Å²) in [4.78, 5) is 12.5. The van der Waals surface area contributed by atoms with E-state index in [-0.39, 0.29) is 10.2 Å². The maximum Gasteiger partial charge on any atom is 0.219 e. The zero-order valence-electron chi connectivity index (χ0n) is 15.6. The lowest BCUT2D eigenvalue weighted by Crippen LogP contribution is -2.49. The van der Waals surface area contributed by atoms with Crippen molar-refractivity contribution in [2.75, 3.05) is 5.75 Å². The van der Waals surface area contributed by atoms with E-state index in [1.165, 1.54) is 11.8 Å². The Morgan fingerprint density at radius 3 is 2.38 bits per heavy atom. The van der Waals surface area contributed by atoms with Gasteiger partial charge in [-0.15, -0.1) is 0 Å². The van der Waals surface area contributed by atoms with Crippen molar-refractivity contribution in [2.45, 2.75) is 58.0 Å². The molecule has 0 aliphatic carbocycles. The number of thioether (sulfide) groups is 1. The van der Waals surface area contributed by atoms with Gasteiger partial charge in [0.15, 0.2) is 8.32 Å². The lowest BCUT2D eigenvalue weighted by Gasteiger charge is -2.39. The molecular weight excluding hydrogens is 336 g/mol. The summed E-state index contributed by atoms with van der Waals surface area (Å²) < 4.78 is 6.23. The van der Waals surface area contributed by atoms with Gasteiger partial charge in [0.1, 0.15) is 12.2 Å². The second-order valence-corrected chi connectivity index (χ2v) is 13.3. The fourth-order valence-electron chi connectivity index (χ4n) is 1.85. The summed E-state index contributed by atoms with van der Waals surface area (Å²) in [5.41, 5.74) is 0.984. The van der Waals surface area contributed by atoms with Crippen LogP contribution in [0, 0.1) is 0 Å². The largest absolute Gasteiger partial charge is 0.403 e. The van der Waals surface area contributed by atoms with E-state index in [4.69, 9.17) is 4.43 Å². The number of hydrogen-bond donors (Lipinski definition) is 1. The Bertz CT molecular complexity index is 549. The van der Waals surface area contributed by atoms with E-state index in [9.17, 15) is 9.90 Å². The van der Waals surface area contributed by atoms with Gasteiger partial charge < -0.3 is 9.53 Å². The van der Waals surface area contributed by atoms with E-state index in [1.54, 1.807) is 6.08 Å². The first kappa shape index (κ1) is 21.2. The molecule has 0 spiro atoms. The molecule has 1 N–H and O–H groups in total. The van der Waals surface area contributed by atoms with E-state index in [0.717, 1.165) is 5.56 Å². The zero-order chi connectivity index (χ0) is 18.4. The molecule has 0 radical (unpaired) electrons. The minimum Gasteiger partial charge on any atom is -0.403 e. The smallest absolute Gasteiger partial charge is 0.219 e. The highest BCUT2D eigenvalue weighted by Gasteiger charge is 2.42. The van der Waals surface area contributed by atoms with E-state index < -0.39 is 20.5 Å². The molecule has 5 heteroatoms. The second kappa shape index (κ2) is 8.99. The molecule has 0 saturated carbocycles. The van der Waals surface area contributed by atoms with Gasteiger partial charge in [0.25, 0.3) is 0 Å². The van der Waals surface area contributed by atoms with Crippen LogP contribution in [0.25, 0.3) is 6.08 Å². The van der Waals surface area contributed by atoms with Gasteiger partial charge in [-0.3, -0.25) is 4.79 Å². The molecule has 2 atom stereocenters. The topological polar surface area (TPSA) is 46.5 Å². The number of benzene rings is 1. The number of aliphatic hydroxyl groups excluding tert-OH is 1. The number of carbonyl (C=O) groups excluding carboxylic acids is 1. The molecule has 1 aromatic rings. The lowest BCUT2D eigenvalue weighted by molar-refractivity contribution is -0.121. The molecule has 0 fully saturated rings. The number of carbonyl (C=O) groups is 1. The number of hydrogen-bond acceptors (Lipinski definition) is 4. The lowest BCUT2D eigenvalue weighted by atomic mass is 10.1. The summed E-state index contributed by atoms with van der Waals surface area (Å²) in [6, 6.07) is 9.73. The number of aliphatic hydroxyl groups is 1. The fraction of sp³-hybridized carbons (Fsp3) is 0.526. The van der Waals surface area contributed by atoms with Crippen molar-refractivity contribution in [2.24, 2.45) is 0 Å². The Morgan fingerprint density at radius 2 is 1.88 bits per heavy atom. The Labute approximate surface area is 151 Å². The average Bonchev–Trinajstić information content (AvgIpc) is 2.50. The Hall–Kier alpha value is -0.883. The van der Waals surface area contributed by atoms with Crippen molar-refractivity contribution in [3.8, 4) is 0 Å². The van der Waals surface area contributed by atoms with Gasteiger partial charge in [-0.2, -0.15) is 0 Å². The standard InChI is InChI=1S/C19H30O3SSi/c1-7-23-18(21)17(22-24(5,6)19(2,3)4)16(20)14-13-15-11-9-8-10-12-15/h8-14,16-17,20H,7H2,1-6H3/b14-13+/t16-,17-/m1/s1. The van der Waals surface area contributed by atoms with Crippen molar-refractivity contribution >= 4 is 31.3 Å². The molecule has 1 aromatic carbocycles. The molecule has 0 aliphatic rings. The Kier molecular flexibility index (Phi) is 7.93. The zero-order valence-corrected chi connectivity index (χ0v) is 17.4. The molecular formula is C19H30O3SSi. The van der Waals surface area contributed by atoms with Gasteiger partial charge in [-0.25, -0.2) is 0 Å². The highest BCUT2D eigenvalue weighted by atomic mass is 32.2. The molecule has 3 nitrogen and oxygen atoms in total. The summed E-state index contributed by atoms with van der Waals surface area (Å²) in [6.45, 7) is 12.5. The number of rotatable bonds is 7. The summed E-state index contributed by atoms with van der Waals surface area (Å²) in [7, 11) is -2.16. The van der Waals surface area contributed by atoms with Crippen LogP contribution in [0.2, 0.25) is 18.1 Å². The molecule has 0 unspecified atom stereocenters. The van der Waals surface area contributed by atoms with Crippen LogP contribution in [-0.2, 0) is 9.22 Å². The third-order valence-electron chi connectivity index (χ3n) is 4.34. The van der Waals surface area contributed by atoms with Crippen LogP contribution in [0.5, 0.6) is 0 Å². The van der Waals surface area contributed by atoms with Crippen LogP contribution in [-0.4, -0.2) is 36.5 Å². The van der Waals surface area contributed by atoms with Crippen molar-refractivity contribution in [1.29, 1.82) is 0 Å². The first-order valence-corrected chi connectivity index (χ1v) is 12.2. The molecule has 0 aromatic heterocycles. The van der Waals surface area contributed by atoms with Gasteiger partial charge in [0.2, 0.25) is 5.12 Å². The van der Waals surface area contributed by atoms with Crippen molar-refractivity contribution in [3.63, 3.8) is 0 Å². The second-order valence-electron chi connectivity index (χ2n) is 7.31. The SMILES string of the molecule is CCSC(=O)[C@H](O[Si](C)(C)C(C)(C)C)[C@H](O)/C=C/c1ccccc1. The van der Waals surface area contributed by atoms with Gasteiger partial charge >= 0.3 is 0 Å². The highest BCUT2D eigenvalue weighted by molar-refractivity contribution is 8.13. The predicted molar refractivity (Wildman–Crippen MR) is 107 cm³/mol. The van der Waals surface area contributed by atoms with E-state index >= 15 is 0 Å². The molecule has 0 bridgehead atoms. The molecule has 0 amide bonds. The Morgan fingerprint density at radius 1 is 1.29 bits per heavy atom. The van der Waals surface area contributed by atoms with Crippen LogP contribution in [0.4, 0.5) is 0 Å². The molecule has 1 rings (SSSR count). The van der Waals surface area contributed by atoms with Gasteiger partial charge in [0, 0.05) is 0 Å². The third-order valence-corrected chi connectivity index (χ3v) is 9.60. The Balaban J connectivity index is 2.96. The normalized spacial score (nSPS) is 15.5. The molecule has 134 valence electrons. The van der Waals surface area contributed by atoms with Crippen molar-refractivity contribution in [1.82, 2.24) is 0 Å². The fourth-order valence-corrected chi connectivity index (χ4v) is 3.81. The average molecular weight is 367 g/mol. The van der Waals surface area contributed by atoms with Gasteiger partial charge in [-0.05, 0) is 29.4 Å². The predicted octanol–water partition coefficient (Wildman–Crippen LogP) is 4.73. The minimum absolute atomic E-state index is 0.0225. The first-order valence-electron chi connectivity index (χ1n) is 8.34. The van der Waals surface area contributed by atoms with Crippen LogP contribution in [0.1, 0.15) is 33.3 Å². The molecule has 0 heterocycles. The first-order chi connectivity index (χ1) is 11.1. The van der Waals surface area contributed by atoms with E-state index in [2.05, 4.69) is 33.9 Å². The maximum absolute atomic E-state index is 12.5. The van der Waals surface area contributed by atoms with Gasteiger partial charge in [0.05, 0.1) is 0 Å². The summed E-state index contributed by atoms with van der Waals surface area (Å²) in [5, 5.41) is 10.4. The van der Waals surface area contributed by atoms with Crippen LogP contribution in [0.3, 0.4) is 0 Å². The molecule has 24 heavy (non-hydrogen) atoms. The maximum atomic E-state index is 12.5. The van der Waals surface area contributed by atoms with Crippen LogP contribution in [0.15, 0.2) is 36.4 Å². The third kappa shape index (κ3) is 6.20. The van der Waals surface area contributed by atoms with E-state index in [1.807, 2.05) is 43.3 Å². The summed E-state index contributed by atoms with van der Waals surface area (Å²) in [5.74, 6) is 0.672. The van der Waals surface area contributed by atoms with Crippen LogP contribution >= 0.6 is 11.8 Å². The minimum atomic E-state index is -2.16. The quantitative estimate of drug-likeness (QED) is 0.709. The van der Waals surface area contributed by atoms with Crippen LogP contribution < -0.4 is 0 Å². The summed E-state index contributed by atoms with van der Waals surface area (Å²) >= 11 is 1.21. The van der Waals surface area contributed by atoms with E-state index in [0.29, 0.717) is 5.75 Å². The van der Waals surface area contributed by atoms with Crippen molar-refractivity contribution in [3.05, 3.63) is 42.0 Å².